The van der Waals surface area contributed by atoms with E-state index in [2.05, 4.69) is 52.6 Å². The summed E-state index contributed by atoms with van der Waals surface area (Å²) in [5, 5.41) is 11.1. The second-order valence-electron chi connectivity index (χ2n) is 8.14. The molecule has 0 amide bonds. The number of nitrogens with zero attached hydrogens (tertiary/aromatic N) is 5. The second-order valence-corrected chi connectivity index (χ2v) is 8.14. The first-order chi connectivity index (χ1) is 15.5. The summed E-state index contributed by atoms with van der Waals surface area (Å²) in [6.07, 6.45) is 2.03. The van der Waals surface area contributed by atoms with Crippen LogP contribution in [0.3, 0.4) is 0 Å². The summed E-state index contributed by atoms with van der Waals surface area (Å²) in [4.78, 5) is 20.2. The number of imidazole rings is 1. The normalized spacial score (nSPS) is 11.5. The summed E-state index contributed by atoms with van der Waals surface area (Å²) in [6, 6.07) is 23.1. The van der Waals surface area contributed by atoms with Gasteiger partial charge in [0.1, 0.15) is 5.65 Å². The average Bonchev–Trinajstić information content (AvgIpc) is 3.16. The molecule has 2 aromatic heterocycles. The van der Waals surface area contributed by atoms with E-state index in [0.29, 0.717) is 6.54 Å². The zero-order valence-electron chi connectivity index (χ0n) is 18.4. The summed E-state index contributed by atoms with van der Waals surface area (Å²) in [6.45, 7) is 3.38. The van der Waals surface area contributed by atoms with Gasteiger partial charge in [-0.05, 0) is 43.9 Å². The zero-order chi connectivity index (χ0) is 22.5. The van der Waals surface area contributed by atoms with Gasteiger partial charge in [0.2, 0.25) is 0 Å². The molecule has 0 bridgehead atoms. The fourth-order valence-corrected chi connectivity index (χ4v) is 3.78. The maximum Gasteiger partial charge on any atom is 0.269 e. The number of nitro groups is 1. The van der Waals surface area contributed by atoms with Crippen LogP contribution in [0.1, 0.15) is 11.3 Å². The highest BCUT2D eigenvalue weighted by Crippen LogP contribution is 2.28. The quantitative estimate of drug-likeness (QED) is 0.290. The first kappa shape index (κ1) is 21.7. The van der Waals surface area contributed by atoms with E-state index in [1.54, 1.807) is 12.1 Å². The van der Waals surface area contributed by atoms with E-state index in [1.807, 2.05) is 30.5 Å². The summed E-state index contributed by atoms with van der Waals surface area (Å²) >= 11 is 0. The topological polar surface area (TPSA) is 66.9 Å². The average molecular weight is 430 g/mol. The number of likely N-dealkylation sites (N-methyl/N-ethyl adjacent to an activating group) is 1. The predicted molar refractivity (Wildman–Crippen MR) is 126 cm³/mol. The third-order valence-corrected chi connectivity index (χ3v) is 5.47. The van der Waals surface area contributed by atoms with Gasteiger partial charge < -0.3 is 9.30 Å². The van der Waals surface area contributed by atoms with Gasteiger partial charge in [-0.25, -0.2) is 4.98 Å². The van der Waals surface area contributed by atoms with Gasteiger partial charge in [0, 0.05) is 50.1 Å². The molecule has 7 nitrogen and oxygen atoms in total. The molecule has 0 N–H and O–H groups in total. The molecule has 0 aliphatic heterocycles. The standard InChI is InChI=1S/C25H27N5O2/c1-27(2)16-17-28(18-20-8-4-3-5-9-20)19-23-25(26-24-10-6-7-15-29(23)24)21-11-13-22(14-12-21)30(31)32/h3-15H,16-19H2,1-2H3. The lowest BCUT2D eigenvalue weighted by molar-refractivity contribution is -0.384. The lowest BCUT2D eigenvalue weighted by atomic mass is 10.1. The number of hydrogen-bond acceptors (Lipinski definition) is 5. The number of pyridine rings is 1. The largest absolute Gasteiger partial charge is 0.308 e. The maximum absolute atomic E-state index is 11.1. The fraction of sp³-hybridized carbons (Fsp3) is 0.240. The number of aromatic nitrogens is 2. The van der Waals surface area contributed by atoms with Crippen LogP contribution in [0, 0.1) is 10.1 Å². The number of hydrogen-bond donors (Lipinski definition) is 0. The highest BCUT2D eigenvalue weighted by Gasteiger charge is 2.18. The third-order valence-electron chi connectivity index (χ3n) is 5.47. The molecule has 0 aliphatic carbocycles. The monoisotopic (exact) mass is 429 g/mol. The Kier molecular flexibility index (Phi) is 6.58. The predicted octanol–water partition coefficient (Wildman–Crippen LogP) is 4.47. The fourth-order valence-electron chi connectivity index (χ4n) is 3.78. The van der Waals surface area contributed by atoms with E-state index < -0.39 is 0 Å². The summed E-state index contributed by atoms with van der Waals surface area (Å²) in [7, 11) is 4.16. The molecule has 164 valence electrons. The van der Waals surface area contributed by atoms with Crippen molar-refractivity contribution >= 4 is 11.3 Å². The Hall–Kier alpha value is -3.55. The van der Waals surface area contributed by atoms with Crippen LogP contribution < -0.4 is 0 Å². The van der Waals surface area contributed by atoms with Crippen LogP contribution in [-0.2, 0) is 13.1 Å². The number of non-ortho nitro benzene ring substituents is 1. The number of nitro benzene ring substituents is 1. The first-order valence-electron chi connectivity index (χ1n) is 10.6. The van der Waals surface area contributed by atoms with Crippen LogP contribution in [0.2, 0.25) is 0 Å². The molecule has 0 spiro atoms. The Morgan fingerprint density at radius 3 is 2.31 bits per heavy atom. The summed E-state index contributed by atoms with van der Waals surface area (Å²) in [5.41, 5.74) is 5.01. The Morgan fingerprint density at radius 1 is 0.906 bits per heavy atom. The van der Waals surface area contributed by atoms with Crippen molar-refractivity contribution in [2.75, 3.05) is 27.2 Å². The third kappa shape index (κ3) is 5.01. The van der Waals surface area contributed by atoms with Gasteiger partial charge in [-0.3, -0.25) is 15.0 Å². The van der Waals surface area contributed by atoms with Crippen molar-refractivity contribution in [3.63, 3.8) is 0 Å². The zero-order valence-corrected chi connectivity index (χ0v) is 18.4. The minimum atomic E-state index is -0.378. The van der Waals surface area contributed by atoms with E-state index >= 15 is 0 Å². The molecule has 0 fully saturated rings. The molecule has 0 saturated carbocycles. The van der Waals surface area contributed by atoms with Gasteiger partial charge in [0.25, 0.3) is 5.69 Å². The number of rotatable bonds is 9. The van der Waals surface area contributed by atoms with Crippen molar-refractivity contribution in [3.05, 3.63) is 100 Å². The Balaban J connectivity index is 1.71. The minimum absolute atomic E-state index is 0.0794. The Labute approximate surface area is 187 Å². The lowest BCUT2D eigenvalue weighted by Gasteiger charge is -2.24. The maximum atomic E-state index is 11.1. The molecule has 0 aliphatic rings. The molecular weight excluding hydrogens is 402 g/mol. The van der Waals surface area contributed by atoms with Crippen LogP contribution in [0.15, 0.2) is 79.0 Å². The molecule has 4 rings (SSSR count). The van der Waals surface area contributed by atoms with Crippen molar-refractivity contribution in [2.45, 2.75) is 13.1 Å². The molecule has 4 aromatic rings. The molecule has 7 heteroatoms. The molecule has 2 aromatic carbocycles. The molecule has 0 unspecified atom stereocenters. The van der Waals surface area contributed by atoms with Gasteiger partial charge in [-0.1, -0.05) is 36.4 Å². The molecule has 32 heavy (non-hydrogen) atoms. The molecule has 0 atom stereocenters. The molecule has 2 heterocycles. The van der Waals surface area contributed by atoms with E-state index in [4.69, 9.17) is 4.98 Å². The van der Waals surface area contributed by atoms with Crippen molar-refractivity contribution in [1.82, 2.24) is 19.2 Å². The minimum Gasteiger partial charge on any atom is -0.308 e. The van der Waals surface area contributed by atoms with Crippen LogP contribution in [0.25, 0.3) is 16.9 Å². The number of benzene rings is 2. The van der Waals surface area contributed by atoms with Gasteiger partial charge in [0.05, 0.1) is 16.3 Å². The van der Waals surface area contributed by atoms with Gasteiger partial charge in [0.15, 0.2) is 0 Å². The van der Waals surface area contributed by atoms with Crippen LogP contribution in [0.4, 0.5) is 5.69 Å². The van der Waals surface area contributed by atoms with Crippen LogP contribution in [0.5, 0.6) is 0 Å². The smallest absolute Gasteiger partial charge is 0.269 e. The van der Waals surface area contributed by atoms with E-state index in [9.17, 15) is 10.1 Å². The lowest BCUT2D eigenvalue weighted by Crippen LogP contribution is -2.31. The van der Waals surface area contributed by atoms with Crippen molar-refractivity contribution in [3.8, 4) is 11.3 Å². The van der Waals surface area contributed by atoms with Crippen molar-refractivity contribution < 1.29 is 4.92 Å². The van der Waals surface area contributed by atoms with Crippen LogP contribution in [-0.4, -0.2) is 51.3 Å². The van der Waals surface area contributed by atoms with Gasteiger partial charge >= 0.3 is 0 Å². The summed E-state index contributed by atoms with van der Waals surface area (Å²) in [5.74, 6) is 0. The molecule has 0 radical (unpaired) electrons. The van der Waals surface area contributed by atoms with Crippen molar-refractivity contribution in [1.29, 1.82) is 0 Å². The van der Waals surface area contributed by atoms with E-state index in [-0.39, 0.29) is 10.6 Å². The summed E-state index contributed by atoms with van der Waals surface area (Å²) < 4.78 is 2.12. The molecule has 0 saturated heterocycles. The molecular formula is C25H27N5O2. The second kappa shape index (κ2) is 9.72. The van der Waals surface area contributed by atoms with E-state index in [1.165, 1.54) is 17.7 Å². The highest BCUT2D eigenvalue weighted by molar-refractivity contribution is 5.67. The first-order valence-corrected chi connectivity index (χ1v) is 10.6. The van der Waals surface area contributed by atoms with Crippen molar-refractivity contribution in [2.24, 2.45) is 0 Å². The Bertz CT molecular complexity index is 1190. The highest BCUT2D eigenvalue weighted by atomic mass is 16.6. The SMILES string of the molecule is CN(C)CCN(Cc1ccccc1)Cc1c(-c2ccc([N+](=O)[O-])cc2)nc2ccccn12. The van der Waals surface area contributed by atoms with Crippen LogP contribution >= 0.6 is 0 Å². The van der Waals surface area contributed by atoms with Gasteiger partial charge in [-0.15, -0.1) is 0 Å². The van der Waals surface area contributed by atoms with E-state index in [0.717, 1.165) is 42.2 Å². The Morgan fingerprint density at radius 2 is 1.62 bits per heavy atom. The van der Waals surface area contributed by atoms with Gasteiger partial charge in [-0.2, -0.15) is 0 Å². The number of fused-ring (bicyclic) bond motifs is 1.